The molecule has 0 bridgehead atoms. The Morgan fingerprint density at radius 3 is 1.17 bits per heavy atom. The summed E-state index contributed by atoms with van der Waals surface area (Å²) >= 11 is -0.826. The SMILES string of the molecule is CC(C)c1cc2c(-c3ccccc3)c(F)c(F)cc2[cH-]1.CC(C)c1cc2c(-c3ccccc3)c(F)c(F)cc2[cH-]1.C[Si]C.[Cl][Zr+2][Cl]. The number of rotatable bonds is 4. The average molecular weight is 759 g/mol. The molecule has 6 rings (SSSR count). The van der Waals surface area contributed by atoms with Crippen LogP contribution in [0.15, 0.2) is 97.1 Å². The molecular formula is C38H36Cl2F4SiZr. The Labute approximate surface area is 291 Å². The van der Waals surface area contributed by atoms with Crippen molar-refractivity contribution in [2.75, 3.05) is 0 Å². The Balaban J connectivity index is 0.000000214. The van der Waals surface area contributed by atoms with Gasteiger partial charge in [-0.2, -0.15) is 12.1 Å². The summed E-state index contributed by atoms with van der Waals surface area (Å²) in [5.41, 5.74) is 4.31. The van der Waals surface area contributed by atoms with E-state index in [2.05, 4.69) is 40.8 Å². The first kappa shape index (κ1) is 38.0. The molecule has 8 heteroatoms. The van der Waals surface area contributed by atoms with Gasteiger partial charge in [0.2, 0.25) is 0 Å². The summed E-state index contributed by atoms with van der Waals surface area (Å²) in [6, 6.07) is 28.6. The minimum atomic E-state index is -0.826. The summed E-state index contributed by atoms with van der Waals surface area (Å²) < 4.78 is 56.2. The van der Waals surface area contributed by atoms with E-state index in [1.54, 1.807) is 24.3 Å². The van der Waals surface area contributed by atoms with Gasteiger partial charge in [0, 0.05) is 9.52 Å². The van der Waals surface area contributed by atoms with Crippen LogP contribution in [0.25, 0.3) is 43.8 Å². The summed E-state index contributed by atoms with van der Waals surface area (Å²) in [6.07, 6.45) is 0. The van der Waals surface area contributed by atoms with Gasteiger partial charge in [0.25, 0.3) is 0 Å². The van der Waals surface area contributed by atoms with Crippen molar-refractivity contribution in [2.24, 2.45) is 0 Å². The molecule has 46 heavy (non-hydrogen) atoms. The molecule has 0 N–H and O–H groups in total. The number of benzene rings is 4. The molecule has 0 atom stereocenters. The summed E-state index contributed by atoms with van der Waals surface area (Å²) in [6.45, 7) is 12.6. The van der Waals surface area contributed by atoms with Crippen molar-refractivity contribution in [2.45, 2.75) is 52.6 Å². The number of halogens is 6. The molecule has 6 aromatic rings. The number of fused-ring (bicyclic) bond motifs is 2. The van der Waals surface area contributed by atoms with Crippen LogP contribution >= 0.6 is 17.0 Å². The molecule has 0 saturated heterocycles. The zero-order chi connectivity index (χ0) is 34.0. The third-order valence-corrected chi connectivity index (χ3v) is 7.31. The summed E-state index contributed by atoms with van der Waals surface area (Å²) in [5.74, 6) is -2.47. The first-order valence-corrected chi connectivity index (χ1v) is 23.1. The molecule has 0 aliphatic carbocycles. The van der Waals surface area contributed by atoms with E-state index in [9.17, 15) is 17.6 Å². The first-order valence-electron chi connectivity index (χ1n) is 14.8. The second-order valence-corrected chi connectivity index (χ2v) is 16.0. The van der Waals surface area contributed by atoms with E-state index in [0.717, 1.165) is 42.2 Å². The Bertz CT molecular complexity index is 1700. The number of hydrogen-bond acceptors (Lipinski definition) is 0. The van der Waals surface area contributed by atoms with E-state index in [0.29, 0.717) is 34.1 Å². The third kappa shape index (κ3) is 9.31. The number of hydrogen-bond donors (Lipinski definition) is 0. The average Bonchev–Trinajstić information content (AvgIpc) is 3.65. The molecule has 0 saturated carbocycles. The summed E-state index contributed by atoms with van der Waals surface area (Å²) in [7, 11) is 11.0. The van der Waals surface area contributed by atoms with Gasteiger partial charge in [-0.1, -0.05) is 114 Å². The van der Waals surface area contributed by atoms with E-state index in [1.807, 2.05) is 60.7 Å². The monoisotopic (exact) mass is 756 g/mol. The van der Waals surface area contributed by atoms with E-state index >= 15 is 0 Å². The van der Waals surface area contributed by atoms with Crippen molar-refractivity contribution in [3.05, 3.63) is 131 Å². The second-order valence-electron chi connectivity index (χ2n) is 11.3. The standard InChI is InChI=1S/2C18H15F2.C2H6Si.2ClH.Zr/c2*1-11(2)13-8-14-10-16(19)18(20)17(15(14)9-13)12-6-4-3-5-7-12;1-3-2;;;/h2*3-11H,1-2H3;1-2H3;2*1H;/q2*-1;;;;+4/p-2. The molecule has 2 radical (unpaired) electrons. The summed E-state index contributed by atoms with van der Waals surface area (Å²) in [4.78, 5) is 0. The molecule has 6 aromatic carbocycles. The quantitative estimate of drug-likeness (QED) is 0.0954. The Hall–Kier alpha value is -2.50. The van der Waals surface area contributed by atoms with Crippen molar-refractivity contribution in [3.63, 3.8) is 0 Å². The van der Waals surface area contributed by atoms with Gasteiger partial charge in [0.1, 0.15) is 23.3 Å². The Morgan fingerprint density at radius 1 is 0.587 bits per heavy atom. The van der Waals surface area contributed by atoms with Gasteiger partial charge in [-0.15, -0.1) is 44.8 Å². The summed E-state index contributed by atoms with van der Waals surface area (Å²) in [5, 5.41) is 3.07. The van der Waals surface area contributed by atoms with Crippen LogP contribution in [0.3, 0.4) is 0 Å². The van der Waals surface area contributed by atoms with E-state index in [1.165, 1.54) is 12.1 Å². The molecule has 0 aliphatic rings. The maximum atomic E-state index is 14.3. The van der Waals surface area contributed by atoms with E-state index in [4.69, 9.17) is 17.0 Å². The predicted octanol–water partition coefficient (Wildman–Crippen LogP) is 13.4. The van der Waals surface area contributed by atoms with Gasteiger partial charge in [0.15, 0.2) is 0 Å². The van der Waals surface area contributed by atoms with Crippen molar-refractivity contribution in [3.8, 4) is 22.3 Å². The minimum absolute atomic E-state index is 0.331. The fraction of sp³-hybridized carbons (Fsp3) is 0.211. The van der Waals surface area contributed by atoms with Gasteiger partial charge < -0.3 is 0 Å². The molecule has 0 aromatic heterocycles. The molecule has 0 fully saturated rings. The van der Waals surface area contributed by atoms with Crippen LogP contribution in [0, 0.1) is 23.3 Å². The molecule has 0 heterocycles. The van der Waals surface area contributed by atoms with Gasteiger partial charge in [-0.05, 0) is 34.1 Å². The predicted molar refractivity (Wildman–Crippen MR) is 187 cm³/mol. The zero-order valence-electron chi connectivity index (χ0n) is 26.7. The van der Waals surface area contributed by atoms with Crippen LogP contribution in [0.1, 0.15) is 50.7 Å². The maximum absolute atomic E-state index is 14.3. The van der Waals surface area contributed by atoms with Crippen LogP contribution in [0.4, 0.5) is 17.6 Å². The van der Waals surface area contributed by atoms with Crippen molar-refractivity contribution < 1.29 is 38.4 Å². The van der Waals surface area contributed by atoms with Crippen LogP contribution in [0.2, 0.25) is 13.1 Å². The molecule has 0 nitrogen and oxygen atoms in total. The van der Waals surface area contributed by atoms with Crippen LogP contribution < -0.4 is 0 Å². The molecule has 0 spiro atoms. The van der Waals surface area contributed by atoms with Gasteiger partial charge >= 0.3 is 37.9 Å². The molecule has 0 amide bonds. The fourth-order valence-corrected chi connectivity index (χ4v) is 5.09. The molecule has 238 valence electrons. The first-order chi connectivity index (χ1) is 22.0. The van der Waals surface area contributed by atoms with Crippen molar-refractivity contribution in [1.82, 2.24) is 0 Å². The van der Waals surface area contributed by atoms with E-state index < -0.39 is 44.1 Å². The topological polar surface area (TPSA) is 0 Å². The van der Waals surface area contributed by atoms with Crippen LogP contribution in [-0.4, -0.2) is 9.52 Å². The fourth-order valence-electron chi connectivity index (χ4n) is 5.09. The Morgan fingerprint density at radius 2 is 0.891 bits per heavy atom. The van der Waals surface area contributed by atoms with Crippen molar-refractivity contribution in [1.29, 1.82) is 0 Å². The van der Waals surface area contributed by atoms with Gasteiger partial charge in [-0.3, -0.25) is 0 Å². The zero-order valence-corrected chi connectivity index (χ0v) is 31.6. The van der Waals surface area contributed by atoms with Gasteiger partial charge in [0.05, 0.1) is 0 Å². The second kappa shape index (κ2) is 18.2. The normalized spacial score (nSPS) is 10.6. The molecule has 0 unspecified atom stereocenters. The van der Waals surface area contributed by atoms with Crippen LogP contribution in [0.5, 0.6) is 0 Å². The van der Waals surface area contributed by atoms with Crippen molar-refractivity contribution >= 4 is 48.1 Å². The van der Waals surface area contributed by atoms with E-state index in [-0.39, 0.29) is 0 Å². The third-order valence-electron chi connectivity index (χ3n) is 7.31. The van der Waals surface area contributed by atoms with Gasteiger partial charge in [-0.25, -0.2) is 17.6 Å². The Kier molecular flexibility index (Phi) is 15.0. The molecular weight excluding hydrogens is 723 g/mol. The van der Waals surface area contributed by atoms with Crippen LogP contribution in [-0.2, 0) is 20.8 Å². The molecule has 0 aliphatic heterocycles.